The molecule has 1 aromatic carbocycles. The second-order valence-corrected chi connectivity index (χ2v) is 8.08. The molecule has 2 aromatic rings. The van der Waals surface area contributed by atoms with Crippen LogP contribution >= 0.6 is 0 Å². The minimum absolute atomic E-state index is 0.181. The van der Waals surface area contributed by atoms with Gasteiger partial charge in [0.15, 0.2) is 0 Å². The number of carbonyl (C=O) groups is 2. The van der Waals surface area contributed by atoms with Gasteiger partial charge in [-0.15, -0.1) is 0 Å². The predicted molar refractivity (Wildman–Crippen MR) is 113 cm³/mol. The molecule has 1 aliphatic carbocycles. The lowest BCUT2D eigenvalue weighted by molar-refractivity contribution is -0.136. The number of hydrogen-bond donors (Lipinski definition) is 1. The Bertz CT molecular complexity index is 880. The lowest BCUT2D eigenvalue weighted by Gasteiger charge is -2.32. The number of aromatic nitrogens is 1. The SMILES string of the molecule is CCOc1ccccc1NC(=O)c1cc(C2CCN(C(=O)C3CCCC3)CC2)no1. The maximum atomic E-state index is 12.6. The molecule has 1 aliphatic heterocycles. The third-order valence-electron chi connectivity index (χ3n) is 6.12. The fourth-order valence-corrected chi connectivity index (χ4v) is 4.45. The Hall–Kier alpha value is -2.83. The van der Waals surface area contributed by atoms with E-state index in [1.807, 2.05) is 30.0 Å². The Morgan fingerprint density at radius 2 is 1.90 bits per heavy atom. The van der Waals surface area contributed by atoms with E-state index in [-0.39, 0.29) is 23.5 Å². The fraction of sp³-hybridized carbons (Fsp3) is 0.522. The molecule has 4 rings (SSSR count). The van der Waals surface area contributed by atoms with Crippen molar-refractivity contribution < 1.29 is 18.8 Å². The van der Waals surface area contributed by atoms with Crippen molar-refractivity contribution in [1.29, 1.82) is 0 Å². The first-order chi connectivity index (χ1) is 14.7. The van der Waals surface area contributed by atoms with Crippen LogP contribution in [0.2, 0.25) is 0 Å². The number of likely N-dealkylation sites (tertiary alicyclic amines) is 1. The van der Waals surface area contributed by atoms with Gasteiger partial charge in [-0.3, -0.25) is 9.59 Å². The van der Waals surface area contributed by atoms with Crippen LogP contribution in [0.1, 0.15) is 67.6 Å². The van der Waals surface area contributed by atoms with E-state index in [1.54, 1.807) is 12.1 Å². The van der Waals surface area contributed by atoms with Crippen molar-refractivity contribution >= 4 is 17.5 Å². The van der Waals surface area contributed by atoms with Crippen molar-refractivity contribution in [3.8, 4) is 5.75 Å². The van der Waals surface area contributed by atoms with Crippen LogP contribution in [0.3, 0.4) is 0 Å². The normalized spacial score (nSPS) is 17.8. The molecule has 1 aromatic heterocycles. The second-order valence-electron chi connectivity index (χ2n) is 8.08. The van der Waals surface area contributed by atoms with Gasteiger partial charge in [0, 0.05) is 31.0 Å². The molecular formula is C23H29N3O4. The Balaban J connectivity index is 1.34. The number of amides is 2. The summed E-state index contributed by atoms with van der Waals surface area (Å²) in [6, 6.07) is 9.02. The average Bonchev–Trinajstić information content (AvgIpc) is 3.47. The average molecular weight is 412 g/mol. The van der Waals surface area contributed by atoms with Crippen LogP contribution in [-0.2, 0) is 4.79 Å². The molecule has 30 heavy (non-hydrogen) atoms. The van der Waals surface area contributed by atoms with Crippen LogP contribution in [0.5, 0.6) is 5.75 Å². The number of nitrogens with one attached hydrogen (secondary N) is 1. The standard InChI is InChI=1S/C23H29N3O4/c1-2-29-20-10-6-5-9-18(20)24-22(27)21-15-19(25-30-21)16-11-13-26(14-12-16)23(28)17-7-3-4-8-17/h5-6,9-10,15-17H,2-4,7-8,11-14H2,1H3,(H,24,27). The summed E-state index contributed by atoms with van der Waals surface area (Å²) in [5.74, 6) is 1.20. The molecule has 0 unspecified atom stereocenters. The van der Waals surface area contributed by atoms with Crippen molar-refractivity contribution in [3.05, 3.63) is 41.8 Å². The first kappa shape index (κ1) is 20.4. The fourth-order valence-electron chi connectivity index (χ4n) is 4.45. The van der Waals surface area contributed by atoms with E-state index in [0.29, 0.717) is 24.0 Å². The van der Waals surface area contributed by atoms with Gasteiger partial charge in [0.05, 0.1) is 18.0 Å². The molecule has 1 saturated heterocycles. The van der Waals surface area contributed by atoms with Crippen LogP contribution in [0.25, 0.3) is 0 Å². The van der Waals surface area contributed by atoms with Crippen LogP contribution < -0.4 is 10.1 Å². The zero-order valence-corrected chi connectivity index (χ0v) is 17.4. The number of benzene rings is 1. The van der Waals surface area contributed by atoms with Crippen molar-refractivity contribution in [3.63, 3.8) is 0 Å². The Morgan fingerprint density at radius 3 is 2.63 bits per heavy atom. The monoisotopic (exact) mass is 411 g/mol. The largest absolute Gasteiger partial charge is 0.492 e. The van der Waals surface area contributed by atoms with Crippen LogP contribution in [0.15, 0.2) is 34.9 Å². The van der Waals surface area contributed by atoms with Crippen LogP contribution in [0.4, 0.5) is 5.69 Å². The van der Waals surface area contributed by atoms with E-state index in [0.717, 1.165) is 44.5 Å². The second kappa shape index (κ2) is 9.32. The Labute approximate surface area is 176 Å². The van der Waals surface area contributed by atoms with E-state index in [4.69, 9.17) is 9.26 Å². The van der Waals surface area contributed by atoms with E-state index in [9.17, 15) is 9.59 Å². The summed E-state index contributed by atoms with van der Waals surface area (Å²) in [7, 11) is 0. The molecular weight excluding hydrogens is 382 g/mol. The zero-order valence-electron chi connectivity index (χ0n) is 17.4. The minimum atomic E-state index is -0.352. The molecule has 0 atom stereocenters. The molecule has 2 amide bonds. The quantitative estimate of drug-likeness (QED) is 0.769. The van der Waals surface area contributed by atoms with Gasteiger partial charge in [-0.25, -0.2) is 0 Å². The summed E-state index contributed by atoms with van der Waals surface area (Å²) in [4.78, 5) is 27.2. The topological polar surface area (TPSA) is 84.7 Å². The van der Waals surface area contributed by atoms with Crippen LogP contribution in [0, 0.1) is 5.92 Å². The zero-order chi connectivity index (χ0) is 20.9. The highest BCUT2D eigenvalue weighted by Gasteiger charge is 2.31. The maximum absolute atomic E-state index is 12.6. The van der Waals surface area contributed by atoms with Gasteiger partial charge in [0.2, 0.25) is 11.7 Å². The summed E-state index contributed by atoms with van der Waals surface area (Å²) in [6.45, 7) is 3.90. The summed E-state index contributed by atoms with van der Waals surface area (Å²) in [5.41, 5.74) is 1.38. The van der Waals surface area contributed by atoms with E-state index < -0.39 is 0 Å². The predicted octanol–water partition coefficient (Wildman–Crippen LogP) is 4.22. The highest BCUT2D eigenvalue weighted by Crippen LogP contribution is 2.32. The number of nitrogens with zero attached hydrogens (tertiary/aromatic N) is 2. The van der Waals surface area contributed by atoms with Gasteiger partial charge in [-0.1, -0.05) is 30.1 Å². The Morgan fingerprint density at radius 1 is 1.17 bits per heavy atom. The lowest BCUT2D eigenvalue weighted by Crippen LogP contribution is -2.40. The molecule has 0 bridgehead atoms. The van der Waals surface area contributed by atoms with E-state index in [2.05, 4.69) is 10.5 Å². The summed E-state index contributed by atoms with van der Waals surface area (Å²) < 4.78 is 10.9. The van der Waals surface area contributed by atoms with Crippen molar-refractivity contribution in [1.82, 2.24) is 10.1 Å². The molecule has 1 saturated carbocycles. The maximum Gasteiger partial charge on any atom is 0.294 e. The smallest absolute Gasteiger partial charge is 0.294 e. The minimum Gasteiger partial charge on any atom is -0.492 e. The number of anilines is 1. The molecule has 7 heteroatoms. The van der Waals surface area contributed by atoms with Crippen LogP contribution in [-0.4, -0.2) is 41.6 Å². The summed E-state index contributed by atoms with van der Waals surface area (Å²) >= 11 is 0. The number of hydrogen-bond acceptors (Lipinski definition) is 5. The third kappa shape index (κ3) is 4.50. The van der Waals surface area contributed by atoms with Gasteiger partial charge in [0.25, 0.3) is 5.91 Å². The van der Waals surface area contributed by atoms with E-state index in [1.165, 1.54) is 12.8 Å². The number of ether oxygens (including phenoxy) is 1. The first-order valence-corrected chi connectivity index (χ1v) is 10.9. The van der Waals surface area contributed by atoms with Gasteiger partial charge >= 0.3 is 0 Å². The summed E-state index contributed by atoms with van der Waals surface area (Å²) in [6.07, 6.45) is 6.11. The highest BCUT2D eigenvalue weighted by molar-refractivity contribution is 6.03. The van der Waals surface area contributed by atoms with Gasteiger partial charge < -0.3 is 19.5 Å². The van der Waals surface area contributed by atoms with Gasteiger partial charge in [-0.2, -0.15) is 0 Å². The highest BCUT2D eigenvalue weighted by atomic mass is 16.5. The molecule has 1 N–H and O–H groups in total. The molecule has 160 valence electrons. The molecule has 2 fully saturated rings. The third-order valence-corrected chi connectivity index (χ3v) is 6.12. The summed E-state index contributed by atoms with van der Waals surface area (Å²) in [5, 5.41) is 6.97. The Kier molecular flexibility index (Phi) is 6.35. The van der Waals surface area contributed by atoms with Crippen molar-refractivity contribution in [2.24, 2.45) is 5.92 Å². The lowest BCUT2D eigenvalue weighted by atomic mass is 9.92. The molecule has 7 nitrogen and oxygen atoms in total. The number of rotatable bonds is 6. The molecule has 2 heterocycles. The number of para-hydroxylation sites is 2. The number of piperidine rings is 1. The van der Waals surface area contributed by atoms with E-state index >= 15 is 0 Å². The van der Waals surface area contributed by atoms with Gasteiger partial charge in [-0.05, 0) is 44.7 Å². The molecule has 0 spiro atoms. The molecule has 0 radical (unpaired) electrons. The number of carbonyl (C=O) groups excluding carboxylic acids is 2. The van der Waals surface area contributed by atoms with Crippen molar-refractivity contribution in [2.45, 2.75) is 51.4 Å². The first-order valence-electron chi connectivity index (χ1n) is 10.9. The molecule has 2 aliphatic rings. The van der Waals surface area contributed by atoms with Crippen molar-refractivity contribution in [2.75, 3.05) is 25.0 Å². The van der Waals surface area contributed by atoms with Gasteiger partial charge in [0.1, 0.15) is 5.75 Å².